The standard InChI is InChI=1S/C20H26BrN3O3S/c1-2-3-4-9-24-19(26)16-11-14(21)7-8-17(16)23-20(24)28-13-18(25)22-12-15-6-5-10-27-15/h7-8,11,15H,2-6,9-10,12-13H2,1H3,(H,22,25). The molecule has 2 aromatic rings. The molecule has 1 aliphatic heterocycles. The van der Waals surface area contributed by atoms with Crippen LogP contribution in [0, 0.1) is 0 Å². The SMILES string of the molecule is CCCCCn1c(SCC(=O)NCC2CCCO2)nc2ccc(Br)cc2c1=O. The number of ether oxygens (including phenoxy) is 1. The molecule has 1 saturated heterocycles. The van der Waals surface area contributed by atoms with Gasteiger partial charge in [-0.05, 0) is 37.5 Å². The summed E-state index contributed by atoms with van der Waals surface area (Å²) in [5, 5.41) is 4.12. The molecule has 8 heteroatoms. The largest absolute Gasteiger partial charge is 0.376 e. The molecular formula is C20H26BrN3O3S. The van der Waals surface area contributed by atoms with E-state index in [9.17, 15) is 9.59 Å². The van der Waals surface area contributed by atoms with Crippen molar-refractivity contribution >= 4 is 44.5 Å². The quantitative estimate of drug-likeness (QED) is 0.345. The Kier molecular flexibility index (Phi) is 7.93. The van der Waals surface area contributed by atoms with Crippen molar-refractivity contribution in [3.63, 3.8) is 0 Å². The van der Waals surface area contributed by atoms with E-state index in [1.54, 1.807) is 4.57 Å². The van der Waals surface area contributed by atoms with Crippen molar-refractivity contribution in [1.82, 2.24) is 14.9 Å². The van der Waals surface area contributed by atoms with Gasteiger partial charge in [-0.25, -0.2) is 4.98 Å². The van der Waals surface area contributed by atoms with Crippen LogP contribution >= 0.6 is 27.7 Å². The molecule has 1 atom stereocenters. The molecule has 0 radical (unpaired) electrons. The Balaban J connectivity index is 1.73. The summed E-state index contributed by atoms with van der Waals surface area (Å²) >= 11 is 4.74. The van der Waals surface area contributed by atoms with Crippen molar-refractivity contribution in [2.24, 2.45) is 0 Å². The zero-order chi connectivity index (χ0) is 19.9. The lowest BCUT2D eigenvalue weighted by molar-refractivity contribution is -0.119. The molecule has 28 heavy (non-hydrogen) atoms. The lowest BCUT2D eigenvalue weighted by Crippen LogP contribution is -2.33. The molecule has 0 spiro atoms. The maximum Gasteiger partial charge on any atom is 0.262 e. The number of carbonyl (C=O) groups excluding carboxylic acids is 1. The normalized spacial score (nSPS) is 16.6. The van der Waals surface area contributed by atoms with Gasteiger partial charge in [-0.2, -0.15) is 0 Å². The number of nitrogens with one attached hydrogen (secondary N) is 1. The molecule has 1 aromatic heterocycles. The van der Waals surface area contributed by atoms with Crippen LogP contribution in [0.15, 0.2) is 32.6 Å². The van der Waals surface area contributed by atoms with Gasteiger partial charge in [0.25, 0.3) is 5.56 Å². The second-order valence-corrected chi connectivity index (χ2v) is 8.81. The number of carbonyl (C=O) groups is 1. The summed E-state index contributed by atoms with van der Waals surface area (Å²) in [6, 6.07) is 5.52. The van der Waals surface area contributed by atoms with Gasteiger partial charge >= 0.3 is 0 Å². The van der Waals surface area contributed by atoms with E-state index in [0.29, 0.717) is 29.1 Å². The van der Waals surface area contributed by atoms with Crippen LogP contribution in [-0.4, -0.2) is 40.5 Å². The van der Waals surface area contributed by atoms with E-state index in [0.717, 1.165) is 43.2 Å². The average Bonchev–Trinajstić information content (AvgIpc) is 3.21. The molecule has 1 unspecified atom stereocenters. The predicted octanol–water partition coefficient (Wildman–Crippen LogP) is 3.74. The van der Waals surface area contributed by atoms with E-state index in [4.69, 9.17) is 4.74 Å². The Morgan fingerprint density at radius 1 is 1.43 bits per heavy atom. The van der Waals surface area contributed by atoms with Crippen molar-refractivity contribution in [2.45, 2.75) is 56.8 Å². The maximum absolute atomic E-state index is 13.0. The summed E-state index contributed by atoms with van der Waals surface area (Å²) in [7, 11) is 0. The first kappa shape index (κ1) is 21.3. The van der Waals surface area contributed by atoms with E-state index in [-0.39, 0.29) is 23.3 Å². The number of amides is 1. The lowest BCUT2D eigenvalue weighted by Gasteiger charge is -2.14. The molecule has 0 bridgehead atoms. The molecule has 1 fully saturated rings. The number of hydrogen-bond donors (Lipinski definition) is 1. The smallest absolute Gasteiger partial charge is 0.262 e. The van der Waals surface area contributed by atoms with Crippen molar-refractivity contribution in [2.75, 3.05) is 18.9 Å². The number of hydrogen-bond acceptors (Lipinski definition) is 5. The molecule has 1 N–H and O–H groups in total. The summed E-state index contributed by atoms with van der Waals surface area (Å²) in [6.45, 7) is 4.06. The van der Waals surface area contributed by atoms with Gasteiger partial charge in [0.15, 0.2) is 5.16 Å². The number of nitrogens with zero attached hydrogens (tertiary/aromatic N) is 2. The summed E-state index contributed by atoms with van der Waals surface area (Å²) in [6.07, 6.45) is 5.21. The zero-order valence-corrected chi connectivity index (χ0v) is 18.5. The summed E-state index contributed by atoms with van der Waals surface area (Å²) in [4.78, 5) is 29.9. The van der Waals surface area contributed by atoms with Crippen LogP contribution in [-0.2, 0) is 16.1 Å². The molecule has 152 valence electrons. The third-order valence-corrected chi connectivity index (χ3v) is 6.22. The Labute approximate surface area is 177 Å². The van der Waals surface area contributed by atoms with Gasteiger partial charge in [-0.1, -0.05) is 47.5 Å². The van der Waals surface area contributed by atoms with E-state index in [1.807, 2.05) is 18.2 Å². The first-order chi connectivity index (χ1) is 13.6. The van der Waals surface area contributed by atoms with Crippen LogP contribution in [0.2, 0.25) is 0 Å². The molecular weight excluding hydrogens is 442 g/mol. The molecule has 0 aliphatic carbocycles. The monoisotopic (exact) mass is 467 g/mol. The number of benzene rings is 1. The molecule has 1 amide bonds. The highest BCUT2D eigenvalue weighted by atomic mass is 79.9. The summed E-state index contributed by atoms with van der Waals surface area (Å²) in [5.41, 5.74) is 0.604. The van der Waals surface area contributed by atoms with Crippen molar-refractivity contribution in [3.05, 3.63) is 33.0 Å². The molecule has 1 aromatic carbocycles. The topological polar surface area (TPSA) is 73.2 Å². The number of fused-ring (bicyclic) bond motifs is 1. The predicted molar refractivity (Wildman–Crippen MR) is 116 cm³/mol. The minimum absolute atomic E-state index is 0.0512. The highest BCUT2D eigenvalue weighted by molar-refractivity contribution is 9.10. The Morgan fingerprint density at radius 2 is 2.29 bits per heavy atom. The molecule has 2 heterocycles. The molecule has 6 nitrogen and oxygen atoms in total. The Bertz CT molecular complexity index is 881. The van der Waals surface area contributed by atoms with Gasteiger partial charge in [0.1, 0.15) is 0 Å². The average molecular weight is 468 g/mol. The number of unbranched alkanes of at least 4 members (excludes halogenated alkanes) is 2. The highest BCUT2D eigenvalue weighted by Crippen LogP contribution is 2.21. The van der Waals surface area contributed by atoms with Crippen LogP contribution in [0.3, 0.4) is 0 Å². The number of aromatic nitrogens is 2. The van der Waals surface area contributed by atoms with Crippen LogP contribution in [0.4, 0.5) is 0 Å². The second kappa shape index (κ2) is 10.4. The number of rotatable bonds is 9. The fraction of sp³-hybridized carbons (Fsp3) is 0.550. The van der Waals surface area contributed by atoms with Crippen LogP contribution in [0.1, 0.15) is 39.0 Å². The molecule has 0 saturated carbocycles. The van der Waals surface area contributed by atoms with Crippen molar-refractivity contribution < 1.29 is 9.53 Å². The van der Waals surface area contributed by atoms with Crippen LogP contribution in [0.25, 0.3) is 10.9 Å². The van der Waals surface area contributed by atoms with Gasteiger partial charge in [0, 0.05) is 24.2 Å². The van der Waals surface area contributed by atoms with Gasteiger partial charge in [0.2, 0.25) is 5.91 Å². The van der Waals surface area contributed by atoms with Crippen molar-refractivity contribution in [3.8, 4) is 0 Å². The van der Waals surface area contributed by atoms with Crippen LogP contribution < -0.4 is 10.9 Å². The minimum atomic E-state index is -0.0641. The van der Waals surface area contributed by atoms with Crippen LogP contribution in [0.5, 0.6) is 0 Å². The third kappa shape index (κ3) is 5.58. The minimum Gasteiger partial charge on any atom is -0.376 e. The number of thioether (sulfide) groups is 1. The fourth-order valence-corrected chi connectivity index (χ4v) is 4.43. The molecule has 1 aliphatic rings. The van der Waals surface area contributed by atoms with Gasteiger partial charge in [0.05, 0.1) is 22.8 Å². The van der Waals surface area contributed by atoms with E-state index in [2.05, 4.69) is 33.2 Å². The van der Waals surface area contributed by atoms with E-state index >= 15 is 0 Å². The fourth-order valence-electron chi connectivity index (χ4n) is 3.21. The molecule has 3 rings (SSSR count). The highest BCUT2D eigenvalue weighted by Gasteiger charge is 2.17. The second-order valence-electron chi connectivity index (χ2n) is 6.95. The Hall–Kier alpha value is -1.38. The van der Waals surface area contributed by atoms with Gasteiger partial charge < -0.3 is 10.1 Å². The lowest BCUT2D eigenvalue weighted by atomic mass is 10.2. The van der Waals surface area contributed by atoms with Crippen molar-refractivity contribution in [1.29, 1.82) is 0 Å². The first-order valence-electron chi connectivity index (χ1n) is 9.79. The zero-order valence-electron chi connectivity index (χ0n) is 16.1. The van der Waals surface area contributed by atoms with Gasteiger partial charge in [-0.3, -0.25) is 14.2 Å². The van der Waals surface area contributed by atoms with E-state index in [1.165, 1.54) is 11.8 Å². The maximum atomic E-state index is 13.0. The summed E-state index contributed by atoms with van der Waals surface area (Å²) in [5.74, 6) is 0.167. The third-order valence-electron chi connectivity index (χ3n) is 4.75. The first-order valence-corrected chi connectivity index (χ1v) is 11.6. The Morgan fingerprint density at radius 3 is 3.04 bits per heavy atom. The number of halogens is 1. The summed E-state index contributed by atoms with van der Waals surface area (Å²) < 4.78 is 8.10. The van der Waals surface area contributed by atoms with Gasteiger partial charge in [-0.15, -0.1) is 0 Å². The van der Waals surface area contributed by atoms with E-state index < -0.39 is 0 Å².